The number of nitrogens with one attached hydrogen (secondary N) is 2. The van der Waals surface area contributed by atoms with E-state index in [2.05, 4.69) is 27.8 Å². The number of benzene rings is 1. The smallest absolute Gasteiger partial charge is 0.243 e. The number of carbonyl (C=O) groups is 1. The maximum atomic E-state index is 12.3. The number of rotatable bonds is 2. The summed E-state index contributed by atoms with van der Waals surface area (Å²) in [5.41, 5.74) is 3.48. The Morgan fingerprint density at radius 2 is 2.05 bits per heavy atom. The van der Waals surface area contributed by atoms with E-state index in [1.54, 1.807) is 6.20 Å². The van der Waals surface area contributed by atoms with E-state index in [4.69, 9.17) is 0 Å². The van der Waals surface area contributed by atoms with Crippen molar-refractivity contribution in [2.75, 3.05) is 5.32 Å². The monoisotopic (exact) mass is 267 g/mol. The Labute approximate surface area is 118 Å². The van der Waals surface area contributed by atoms with Crippen LogP contribution >= 0.6 is 0 Å². The fourth-order valence-corrected chi connectivity index (χ4v) is 2.46. The maximum Gasteiger partial charge on any atom is 0.243 e. The molecule has 102 valence electrons. The van der Waals surface area contributed by atoms with E-state index in [0.29, 0.717) is 12.2 Å². The van der Waals surface area contributed by atoms with E-state index in [1.807, 2.05) is 31.2 Å². The Bertz CT molecular complexity index is 639. The number of hydrogen-bond acceptors (Lipinski definition) is 3. The van der Waals surface area contributed by atoms with Crippen molar-refractivity contribution in [2.45, 2.75) is 25.9 Å². The van der Waals surface area contributed by atoms with Crippen molar-refractivity contribution in [3.8, 4) is 0 Å². The Morgan fingerprint density at radius 1 is 1.25 bits per heavy atom. The lowest BCUT2D eigenvalue weighted by molar-refractivity contribution is -0.118. The fraction of sp³-hybridized carbons (Fsp3) is 0.250. The summed E-state index contributed by atoms with van der Waals surface area (Å²) in [5.74, 6) is 0.611. The molecule has 2 aromatic rings. The molecule has 1 atom stereocenters. The highest BCUT2D eigenvalue weighted by Gasteiger charge is 2.24. The average molecular weight is 267 g/mol. The molecule has 0 unspecified atom stereocenters. The van der Waals surface area contributed by atoms with Gasteiger partial charge in [0.15, 0.2) is 0 Å². The summed E-state index contributed by atoms with van der Waals surface area (Å²) >= 11 is 0. The lowest BCUT2D eigenvalue weighted by Crippen LogP contribution is -2.44. The second-order valence-electron chi connectivity index (χ2n) is 5.06. The number of aromatic nitrogens is 1. The van der Waals surface area contributed by atoms with Gasteiger partial charge in [0.2, 0.25) is 5.91 Å². The lowest BCUT2D eigenvalue weighted by atomic mass is 9.95. The first kappa shape index (κ1) is 12.8. The highest BCUT2D eigenvalue weighted by molar-refractivity contribution is 5.94. The van der Waals surface area contributed by atoms with Gasteiger partial charge in [0.1, 0.15) is 5.82 Å². The molecule has 0 fully saturated rings. The van der Waals surface area contributed by atoms with E-state index >= 15 is 0 Å². The van der Waals surface area contributed by atoms with Crippen molar-refractivity contribution in [2.24, 2.45) is 0 Å². The van der Waals surface area contributed by atoms with E-state index in [1.165, 1.54) is 11.1 Å². The Morgan fingerprint density at radius 3 is 2.85 bits per heavy atom. The van der Waals surface area contributed by atoms with Crippen molar-refractivity contribution in [3.05, 3.63) is 59.3 Å². The number of pyridine rings is 1. The van der Waals surface area contributed by atoms with Crippen LogP contribution < -0.4 is 10.6 Å². The summed E-state index contributed by atoms with van der Waals surface area (Å²) in [6, 6.07) is 11.8. The van der Waals surface area contributed by atoms with Crippen LogP contribution in [0.1, 0.15) is 16.7 Å². The number of nitrogens with zero attached hydrogens (tertiary/aromatic N) is 1. The molecular weight excluding hydrogens is 250 g/mol. The first-order chi connectivity index (χ1) is 9.74. The third-order valence-corrected chi connectivity index (χ3v) is 3.65. The number of carbonyl (C=O) groups excluding carboxylic acids is 1. The third-order valence-electron chi connectivity index (χ3n) is 3.65. The standard InChI is InChI=1S/C16H17N3O/c1-11-5-4-8-17-15(11)19-16(20)14-9-12-6-2-3-7-13(12)10-18-14/h2-8,14,18H,9-10H2,1H3,(H,17,19,20)/t14-/m0/s1. The summed E-state index contributed by atoms with van der Waals surface area (Å²) in [6.07, 6.45) is 2.40. The molecule has 2 N–H and O–H groups in total. The molecule has 3 rings (SSSR count). The zero-order chi connectivity index (χ0) is 13.9. The van der Waals surface area contributed by atoms with Gasteiger partial charge in [-0.2, -0.15) is 0 Å². The molecule has 1 amide bonds. The van der Waals surface area contributed by atoms with E-state index in [-0.39, 0.29) is 11.9 Å². The van der Waals surface area contributed by atoms with Crippen LogP contribution in [0.2, 0.25) is 0 Å². The topological polar surface area (TPSA) is 54.0 Å². The molecule has 4 nitrogen and oxygen atoms in total. The Hall–Kier alpha value is -2.20. The minimum absolute atomic E-state index is 0.0266. The van der Waals surface area contributed by atoms with Crippen molar-refractivity contribution in [1.82, 2.24) is 10.3 Å². The zero-order valence-corrected chi connectivity index (χ0v) is 11.4. The number of amides is 1. The third kappa shape index (κ3) is 2.56. The molecule has 0 saturated heterocycles. The highest BCUT2D eigenvalue weighted by Crippen LogP contribution is 2.17. The van der Waals surface area contributed by atoms with Crippen LogP contribution in [0.4, 0.5) is 5.82 Å². The summed E-state index contributed by atoms with van der Waals surface area (Å²) < 4.78 is 0. The fourth-order valence-electron chi connectivity index (χ4n) is 2.46. The van der Waals surface area contributed by atoms with Crippen molar-refractivity contribution >= 4 is 11.7 Å². The van der Waals surface area contributed by atoms with Gasteiger partial charge < -0.3 is 10.6 Å². The molecule has 0 bridgehead atoms. The first-order valence-electron chi connectivity index (χ1n) is 6.76. The van der Waals surface area contributed by atoms with Gasteiger partial charge in [0.05, 0.1) is 6.04 Å². The molecule has 0 radical (unpaired) electrons. The maximum absolute atomic E-state index is 12.3. The Balaban J connectivity index is 1.72. The molecule has 20 heavy (non-hydrogen) atoms. The Kier molecular flexibility index (Phi) is 3.48. The van der Waals surface area contributed by atoms with Gasteiger partial charge in [-0.25, -0.2) is 4.98 Å². The van der Waals surface area contributed by atoms with Crippen LogP contribution in [-0.2, 0) is 17.8 Å². The summed E-state index contributed by atoms with van der Waals surface area (Å²) in [7, 11) is 0. The van der Waals surface area contributed by atoms with Crippen LogP contribution in [-0.4, -0.2) is 16.9 Å². The lowest BCUT2D eigenvalue weighted by Gasteiger charge is -2.25. The quantitative estimate of drug-likeness (QED) is 0.875. The number of hydrogen-bond donors (Lipinski definition) is 2. The zero-order valence-electron chi connectivity index (χ0n) is 11.4. The molecule has 2 heterocycles. The van der Waals surface area contributed by atoms with E-state index in [9.17, 15) is 4.79 Å². The molecule has 1 aliphatic rings. The average Bonchev–Trinajstić information content (AvgIpc) is 2.49. The van der Waals surface area contributed by atoms with Crippen LogP contribution in [0.15, 0.2) is 42.6 Å². The van der Waals surface area contributed by atoms with Gasteiger partial charge in [0, 0.05) is 12.7 Å². The molecule has 4 heteroatoms. The molecule has 0 aliphatic carbocycles. The highest BCUT2D eigenvalue weighted by atomic mass is 16.2. The van der Waals surface area contributed by atoms with Gasteiger partial charge in [-0.05, 0) is 36.1 Å². The largest absolute Gasteiger partial charge is 0.309 e. The molecule has 1 aliphatic heterocycles. The van der Waals surface area contributed by atoms with Gasteiger partial charge in [-0.3, -0.25) is 4.79 Å². The minimum atomic E-state index is -0.202. The molecular formula is C16H17N3O. The summed E-state index contributed by atoms with van der Waals surface area (Å²) in [6.45, 7) is 2.67. The minimum Gasteiger partial charge on any atom is -0.309 e. The van der Waals surface area contributed by atoms with Gasteiger partial charge in [-0.1, -0.05) is 30.3 Å². The van der Waals surface area contributed by atoms with Crippen molar-refractivity contribution < 1.29 is 4.79 Å². The molecule has 0 saturated carbocycles. The van der Waals surface area contributed by atoms with Crippen LogP contribution in [0.25, 0.3) is 0 Å². The van der Waals surface area contributed by atoms with E-state index in [0.717, 1.165) is 12.1 Å². The van der Waals surface area contributed by atoms with Crippen molar-refractivity contribution in [1.29, 1.82) is 0 Å². The summed E-state index contributed by atoms with van der Waals surface area (Å²) in [4.78, 5) is 16.5. The molecule has 0 spiro atoms. The molecule has 1 aromatic heterocycles. The second-order valence-corrected chi connectivity index (χ2v) is 5.06. The van der Waals surface area contributed by atoms with Crippen LogP contribution in [0.5, 0.6) is 0 Å². The first-order valence-corrected chi connectivity index (χ1v) is 6.76. The van der Waals surface area contributed by atoms with Gasteiger partial charge in [0.25, 0.3) is 0 Å². The second kappa shape index (κ2) is 5.43. The molecule has 1 aromatic carbocycles. The van der Waals surface area contributed by atoms with Gasteiger partial charge in [-0.15, -0.1) is 0 Å². The number of anilines is 1. The van der Waals surface area contributed by atoms with Crippen LogP contribution in [0, 0.1) is 6.92 Å². The number of fused-ring (bicyclic) bond motifs is 1. The van der Waals surface area contributed by atoms with Crippen LogP contribution in [0.3, 0.4) is 0 Å². The SMILES string of the molecule is Cc1cccnc1NC(=O)[C@@H]1Cc2ccccc2CN1. The van der Waals surface area contributed by atoms with E-state index < -0.39 is 0 Å². The predicted molar refractivity (Wildman–Crippen MR) is 78.4 cm³/mol. The summed E-state index contributed by atoms with van der Waals surface area (Å²) in [5, 5.41) is 6.17. The normalized spacial score (nSPS) is 17.4. The van der Waals surface area contributed by atoms with Crippen molar-refractivity contribution in [3.63, 3.8) is 0 Å². The number of aryl methyl sites for hydroxylation is 1. The predicted octanol–water partition coefficient (Wildman–Crippen LogP) is 2.04. The van der Waals surface area contributed by atoms with Gasteiger partial charge >= 0.3 is 0 Å².